The number of hydrogen-bond donors (Lipinski definition) is 0. The first-order valence-corrected chi connectivity index (χ1v) is 10.9. The highest BCUT2D eigenvalue weighted by Gasteiger charge is 2.09. The Kier molecular flexibility index (Phi) is 4.83. The summed E-state index contributed by atoms with van der Waals surface area (Å²) in [5, 5.41) is 4.25. The van der Waals surface area contributed by atoms with Crippen LogP contribution in [0, 0.1) is 0 Å². The molecule has 0 saturated heterocycles. The van der Waals surface area contributed by atoms with E-state index in [0.29, 0.717) is 0 Å². The lowest BCUT2D eigenvalue weighted by atomic mass is 10.5. The maximum atomic E-state index is 3.52. The Hall–Kier alpha value is 0.760. The van der Waals surface area contributed by atoms with E-state index in [1.54, 1.807) is 45.3 Å². The van der Waals surface area contributed by atoms with Crippen LogP contribution < -0.4 is 0 Å². The summed E-state index contributed by atoms with van der Waals surface area (Å²) in [6.45, 7) is 0. The van der Waals surface area contributed by atoms with Crippen LogP contribution in [-0.4, -0.2) is 0 Å². The molecule has 0 aromatic carbocycles. The lowest BCUT2D eigenvalue weighted by Gasteiger charge is -1.80. The zero-order valence-electron chi connectivity index (χ0n) is 9.15. The van der Waals surface area contributed by atoms with E-state index in [1.807, 2.05) is 0 Å². The highest BCUT2D eigenvalue weighted by atomic mass is 79.9. The van der Waals surface area contributed by atoms with Crippen molar-refractivity contribution >= 4 is 112 Å². The normalized spacial score (nSPS) is 10.9. The third-order valence-corrected chi connectivity index (χ3v) is 9.65. The molecule has 0 nitrogen and oxygen atoms in total. The van der Waals surface area contributed by atoms with Crippen LogP contribution in [0.3, 0.4) is 0 Å². The van der Waals surface area contributed by atoms with E-state index in [2.05, 4.69) is 76.7 Å². The highest BCUT2D eigenvalue weighted by Crippen LogP contribution is 2.44. The van der Waals surface area contributed by atoms with Gasteiger partial charge in [0.05, 0.1) is 16.7 Å². The Morgan fingerprint density at radius 3 is 2.00 bits per heavy atom. The fourth-order valence-corrected chi connectivity index (χ4v) is 7.74. The molecule has 0 amide bonds. The zero-order valence-corrected chi connectivity index (χ0v) is 17.2. The quantitative estimate of drug-likeness (QED) is 0.221. The van der Waals surface area contributed by atoms with Crippen LogP contribution in [0.1, 0.15) is 0 Å². The van der Waals surface area contributed by atoms with Gasteiger partial charge in [0, 0.05) is 14.1 Å². The number of halogens is 3. The predicted octanol–water partition coefficient (Wildman–Crippen LogP) is 8.21. The molecule has 4 aromatic rings. The van der Waals surface area contributed by atoms with Crippen LogP contribution in [0.25, 0.3) is 18.8 Å². The molecule has 0 bridgehead atoms. The first-order chi connectivity index (χ1) is 9.15. The predicted molar refractivity (Wildman–Crippen MR) is 103 cm³/mol. The third-order valence-electron chi connectivity index (χ3n) is 2.31. The van der Waals surface area contributed by atoms with Crippen molar-refractivity contribution < 1.29 is 0 Å². The van der Waals surface area contributed by atoms with Crippen molar-refractivity contribution in [3.8, 4) is 0 Å². The molecular formula is C12H5Br3S4. The minimum atomic E-state index is 1.17. The first kappa shape index (κ1) is 14.7. The molecule has 0 aliphatic rings. The summed E-state index contributed by atoms with van der Waals surface area (Å²) < 4.78 is 8.99. The van der Waals surface area contributed by atoms with Crippen molar-refractivity contribution in [1.29, 1.82) is 0 Å². The van der Waals surface area contributed by atoms with E-state index in [9.17, 15) is 0 Å². The van der Waals surface area contributed by atoms with Gasteiger partial charge < -0.3 is 0 Å². The van der Waals surface area contributed by atoms with Gasteiger partial charge in [-0.25, -0.2) is 0 Å². The smallest absolute Gasteiger partial charge is 0.0861 e. The Bertz CT molecular complexity index is 769. The number of hydrogen-bond acceptors (Lipinski definition) is 4. The van der Waals surface area contributed by atoms with Gasteiger partial charge in [0.25, 0.3) is 0 Å². The van der Waals surface area contributed by atoms with Gasteiger partial charge in [0.15, 0.2) is 0 Å². The Balaban J connectivity index is 0.000000122. The monoisotopic (exact) mass is 514 g/mol. The summed E-state index contributed by atoms with van der Waals surface area (Å²) in [7, 11) is 0. The molecule has 0 saturated carbocycles. The van der Waals surface area contributed by atoms with E-state index >= 15 is 0 Å². The van der Waals surface area contributed by atoms with Gasteiger partial charge >= 0.3 is 0 Å². The molecule has 0 atom stereocenters. The van der Waals surface area contributed by atoms with Crippen LogP contribution >= 0.6 is 93.1 Å². The number of fused-ring (bicyclic) bond motifs is 2. The van der Waals surface area contributed by atoms with Gasteiger partial charge in [-0.3, -0.25) is 0 Å². The van der Waals surface area contributed by atoms with Gasteiger partial charge in [-0.05, 0) is 76.7 Å². The van der Waals surface area contributed by atoms with Crippen molar-refractivity contribution in [3.05, 3.63) is 41.0 Å². The molecule has 98 valence electrons. The van der Waals surface area contributed by atoms with Crippen LogP contribution in [0.5, 0.6) is 0 Å². The summed E-state index contributed by atoms with van der Waals surface area (Å²) in [5.74, 6) is 0. The topological polar surface area (TPSA) is 0 Å². The summed E-state index contributed by atoms with van der Waals surface area (Å²) in [6, 6.07) is 6.45. The van der Waals surface area contributed by atoms with E-state index in [1.165, 1.54) is 30.8 Å². The van der Waals surface area contributed by atoms with Crippen LogP contribution in [0.4, 0.5) is 0 Å². The minimum Gasteiger partial charge on any atom is -0.143 e. The van der Waals surface area contributed by atoms with Crippen molar-refractivity contribution in [1.82, 2.24) is 0 Å². The van der Waals surface area contributed by atoms with E-state index in [-0.39, 0.29) is 0 Å². The Labute approximate surface area is 151 Å². The van der Waals surface area contributed by atoms with Crippen molar-refractivity contribution in [2.45, 2.75) is 0 Å². The molecule has 4 rings (SSSR count). The Morgan fingerprint density at radius 2 is 1.42 bits per heavy atom. The van der Waals surface area contributed by atoms with Crippen LogP contribution in [0.15, 0.2) is 41.0 Å². The molecule has 0 aliphatic carbocycles. The van der Waals surface area contributed by atoms with Crippen molar-refractivity contribution in [2.24, 2.45) is 0 Å². The van der Waals surface area contributed by atoms with E-state index in [0.717, 1.165) is 0 Å². The molecule has 0 aliphatic heterocycles. The largest absolute Gasteiger partial charge is 0.143 e. The fraction of sp³-hybridized carbons (Fsp3) is 0. The fourth-order valence-electron chi connectivity index (χ4n) is 1.50. The van der Waals surface area contributed by atoms with Gasteiger partial charge in [-0.1, -0.05) is 0 Å². The molecular weight excluding hydrogens is 512 g/mol. The van der Waals surface area contributed by atoms with E-state index < -0.39 is 0 Å². The van der Waals surface area contributed by atoms with Crippen molar-refractivity contribution in [3.63, 3.8) is 0 Å². The molecule has 4 heterocycles. The summed E-state index contributed by atoms with van der Waals surface area (Å²) in [5.41, 5.74) is 0. The second-order valence-corrected chi connectivity index (χ2v) is 11.0. The molecule has 0 N–H and O–H groups in total. The molecule has 0 fully saturated rings. The summed E-state index contributed by atoms with van der Waals surface area (Å²) >= 11 is 17.6. The highest BCUT2D eigenvalue weighted by molar-refractivity contribution is 9.13. The zero-order chi connectivity index (χ0) is 13.4. The average molecular weight is 517 g/mol. The second kappa shape index (κ2) is 6.25. The lowest BCUT2D eigenvalue weighted by molar-refractivity contribution is 1.98. The molecule has 19 heavy (non-hydrogen) atoms. The van der Waals surface area contributed by atoms with Gasteiger partial charge in [0.2, 0.25) is 0 Å². The number of thiophene rings is 4. The van der Waals surface area contributed by atoms with Gasteiger partial charge in [0.1, 0.15) is 0 Å². The molecule has 4 aromatic heterocycles. The van der Waals surface area contributed by atoms with Crippen molar-refractivity contribution in [2.75, 3.05) is 0 Å². The molecule has 0 radical (unpaired) electrons. The lowest BCUT2D eigenvalue weighted by Crippen LogP contribution is -1.48. The maximum Gasteiger partial charge on any atom is 0.0861 e. The van der Waals surface area contributed by atoms with Gasteiger partial charge in [-0.15, -0.1) is 45.3 Å². The molecule has 0 spiro atoms. The maximum absolute atomic E-state index is 3.52. The molecule has 0 unspecified atom stereocenters. The number of rotatable bonds is 0. The van der Waals surface area contributed by atoms with E-state index in [4.69, 9.17) is 0 Å². The minimum absolute atomic E-state index is 1.17. The third kappa shape index (κ3) is 3.17. The molecule has 7 heteroatoms. The second-order valence-electron chi connectivity index (χ2n) is 3.50. The summed E-state index contributed by atoms with van der Waals surface area (Å²) in [6.07, 6.45) is 0. The summed E-state index contributed by atoms with van der Waals surface area (Å²) in [4.78, 5) is 0. The SMILES string of the molecule is Brc1cc2sc(Br)c(Br)c2s1.c1cc2sccc2s1. The van der Waals surface area contributed by atoms with Gasteiger partial charge in [-0.2, -0.15) is 0 Å². The first-order valence-electron chi connectivity index (χ1n) is 5.08. The van der Waals surface area contributed by atoms with Crippen LogP contribution in [-0.2, 0) is 0 Å². The average Bonchev–Trinajstić information content (AvgIpc) is 3.06. The Morgan fingerprint density at radius 1 is 0.789 bits per heavy atom. The van der Waals surface area contributed by atoms with Crippen LogP contribution in [0.2, 0.25) is 0 Å². The standard InChI is InChI=1S/C6HBr3S2.C6H4S2/c7-3-1-2-5(11-3)4(8)6(9)10-2;1-3-7-6-2-4-8-5(1)6/h1H;1-4H.